The van der Waals surface area contributed by atoms with Crippen LogP contribution in [0.5, 0.6) is 0 Å². The Kier molecular flexibility index (Phi) is 6.95. The molecule has 0 unspecified atom stereocenters. The predicted octanol–water partition coefficient (Wildman–Crippen LogP) is 1.42. The van der Waals surface area contributed by atoms with E-state index in [0.717, 1.165) is 64.1 Å². The summed E-state index contributed by atoms with van der Waals surface area (Å²) < 4.78 is 7.05. The molecule has 3 rings (SSSR count). The van der Waals surface area contributed by atoms with Gasteiger partial charge in [-0.15, -0.1) is 0 Å². The van der Waals surface area contributed by atoms with Crippen molar-refractivity contribution in [1.29, 1.82) is 0 Å². The van der Waals surface area contributed by atoms with E-state index in [4.69, 9.17) is 10.5 Å². The Balaban J connectivity index is 1.53. The third-order valence-electron chi connectivity index (χ3n) is 6.96. The van der Waals surface area contributed by atoms with E-state index in [0.29, 0.717) is 24.6 Å². The minimum absolute atomic E-state index is 0.0894. The maximum atomic E-state index is 12.9. The van der Waals surface area contributed by atoms with Gasteiger partial charge >= 0.3 is 0 Å². The Morgan fingerprint density at radius 1 is 1.24 bits per heavy atom. The molecule has 8 nitrogen and oxygen atoms in total. The van der Waals surface area contributed by atoms with Gasteiger partial charge in [-0.05, 0) is 59.0 Å². The van der Waals surface area contributed by atoms with Crippen LogP contribution >= 0.6 is 0 Å². The molecule has 1 aromatic heterocycles. The van der Waals surface area contributed by atoms with Gasteiger partial charge in [0.15, 0.2) is 0 Å². The van der Waals surface area contributed by atoms with Crippen molar-refractivity contribution in [3.05, 3.63) is 17.5 Å². The number of hydrogen-bond acceptors (Lipinski definition) is 5. The van der Waals surface area contributed by atoms with Crippen LogP contribution in [0.2, 0.25) is 0 Å². The van der Waals surface area contributed by atoms with Crippen molar-refractivity contribution < 1.29 is 14.3 Å². The van der Waals surface area contributed by atoms with E-state index < -0.39 is 5.41 Å². The largest absolute Gasteiger partial charge is 0.385 e. The number of ether oxygens (including phenoxy) is 1. The lowest BCUT2D eigenvalue weighted by Crippen LogP contribution is -2.53. The molecular formula is C21H35N5O3. The Labute approximate surface area is 173 Å². The number of piperidine rings is 2. The summed E-state index contributed by atoms with van der Waals surface area (Å²) in [6.07, 6.45) is 5.91. The molecule has 2 fully saturated rings. The minimum Gasteiger partial charge on any atom is -0.385 e. The van der Waals surface area contributed by atoms with Gasteiger partial charge in [-0.3, -0.25) is 14.3 Å². The number of likely N-dealkylation sites (tertiary alicyclic amines) is 2. The molecule has 29 heavy (non-hydrogen) atoms. The molecule has 2 amide bonds. The van der Waals surface area contributed by atoms with Gasteiger partial charge in [0.25, 0.3) is 5.91 Å². The number of carbonyl (C=O) groups excluding carboxylic acids is 2. The van der Waals surface area contributed by atoms with Crippen molar-refractivity contribution in [3.8, 4) is 0 Å². The highest BCUT2D eigenvalue weighted by Crippen LogP contribution is 2.36. The molecule has 0 aromatic carbocycles. The Morgan fingerprint density at radius 3 is 2.41 bits per heavy atom. The number of amides is 2. The van der Waals surface area contributed by atoms with Gasteiger partial charge in [-0.1, -0.05) is 0 Å². The molecule has 1 aromatic rings. The smallest absolute Gasteiger partial charge is 0.257 e. The molecule has 0 bridgehead atoms. The quantitative estimate of drug-likeness (QED) is 0.740. The highest BCUT2D eigenvalue weighted by atomic mass is 16.5. The van der Waals surface area contributed by atoms with Gasteiger partial charge in [0.1, 0.15) is 0 Å². The fraction of sp³-hybridized carbons (Fsp3) is 0.762. The van der Waals surface area contributed by atoms with Crippen LogP contribution in [0.1, 0.15) is 55.1 Å². The van der Waals surface area contributed by atoms with E-state index in [-0.39, 0.29) is 11.8 Å². The van der Waals surface area contributed by atoms with Crippen LogP contribution in [0.15, 0.2) is 6.20 Å². The molecule has 2 N–H and O–H groups in total. The summed E-state index contributed by atoms with van der Waals surface area (Å²) in [5.74, 6) is -0.107. The fourth-order valence-corrected chi connectivity index (χ4v) is 4.81. The molecule has 2 saturated heterocycles. The number of nitrogens with zero attached hydrogens (tertiary/aromatic N) is 4. The highest BCUT2D eigenvalue weighted by Gasteiger charge is 2.41. The zero-order chi connectivity index (χ0) is 21.0. The van der Waals surface area contributed by atoms with Crippen LogP contribution in [0.4, 0.5) is 0 Å². The Hall–Kier alpha value is -1.93. The van der Waals surface area contributed by atoms with Gasteiger partial charge < -0.3 is 20.3 Å². The van der Waals surface area contributed by atoms with Gasteiger partial charge in [-0.25, -0.2) is 0 Å². The fourth-order valence-electron chi connectivity index (χ4n) is 4.81. The van der Waals surface area contributed by atoms with E-state index in [1.165, 1.54) is 0 Å². The van der Waals surface area contributed by atoms with E-state index in [9.17, 15) is 9.59 Å². The van der Waals surface area contributed by atoms with Crippen molar-refractivity contribution in [2.75, 3.05) is 39.9 Å². The number of rotatable bonds is 7. The molecule has 0 saturated carbocycles. The number of carbonyl (C=O) groups is 2. The van der Waals surface area contributed by atoms with Crippen LogP contribution < -0.4 is 5.73 Å². The highest BCUT2D eigenvalue weighted by molar-refractivity contribution is 5.95. The summed E-state index contributed by atoms with van der Waals surface area (Å²) in [6, 6.07) is 0.465. The normalized spacial score (nSPS) is 20.7. The summed E-state index contributed by atoms with van der Waals surface area (Å²) in [6.45, 7) is 8.62. The zero-order valence-electron chi connectivity index (χ0n) is 18.0. The first kappa shape index (κ1) is 21.8. The van der Waals surface area contributed by atoms with E-state index >= 15 is 0 Å². The van der Waals surface area contributed by atoms with Crippen molar-refractivity contribution >= 4 is 11.8 Å². The average molecular weight is 406 g/mol. The third kappa shape index (κ3) is 4.48. The number of aryl methyl sites for hydroxylation is 1. The molecular weight excluding hydrogens is 370 g/mol. The molecule has 0 aliphatic carbocycles. The van der Waals surface area contributed by atoms with Crippen molar-refractivity contribution in [2.45, 2.75) is 58.5 Å². The Morgan fingerprint density at radius 2 is 1.90 bits per heavy atom. The molecule has 0 atom stereocenters. The maximum absolute atomic E-state index is 12.9. The Bertz CT molecular complexity index is 716. The molecule has 3 heterocycles. The summed E-state index contributed by atoms with van der Waals surface area (Å²) in [7, 11) is 1.66. The molecule has 0 spiro atoms. The maximum Gasteiger partial charge on any atom is 0.257 e. The lowest BCUT2D eigenvalue weighted by Gasteiger charge is -2.45. The van der Waals surface area contributed by atoms with Crippen LogP contribution in [-0.2, 0) is 16.1 Å². The van der Waals surface area contributed by atoms with Crippen molar-refractivity contribution in [1.82, 2.24) is 19.6 Å². The van der Waals surface area contributed by atoms with E-state index in [1.54, 1.807) is 13.3 Å². The minimum atomic E-state index is -0.430. The molecule has 8 heteroatoms. The van der Waals surface area contributed by atoms with Gasteiger partial charge in [0.2, 0.25) is 5.91 Å². The second-order valence-corrected chi connectivity index (χ2v) is 8.41. The monoisotopic (exact) mass is 405 g/mol. The SMILES string of the molecule is CCn1ncc(C(=O)N2CCC(N3CCC(CCOC)(C(N)=O)CC3)CC2)c1C. The number of nitrogens with two attached hydrogens (primary N) is 1. The van der Waals surface area contributed by atoms with E-state index in [1.807, 2.05) is 23.4 Å². The lowest BCUT2D eigenvalue weighted by molar-refractivity contribution is -0.132. The molecule has 2 aliphatic heterocycles. The first-order valence-corrected chi connectivity index (χ1v) is 10.8. The summed E-state index contributed by atoms with van der Waals surface area (Å²) in [5, 5.41) is 4.30. The van der Waals surface area contributed by atoms with Gasteiger partial charge in [0.05, 0.1) is 17.2 Å². The van der Waals surface area contributed by atoms with Gasteiger partial charge in [0, 0.05) is 45.1 Å². The number of hydrogen-bond donors (Lipinski definition) is 1. The number of aromatic nitrogens is 2. The first-order chi connectivity index (χ1) is 13.9. The van der Waals surface area contributed by atoms with E-state index in [2.05, 4.69) is 10.00 Å². The topological polar surface area (TPSA) is 93.7 Å². The molecule has 162 valence electrons. The summed E-state index contributed by atoms with van der Waals surface area (Å²) >= 11 is 0. The second kappa shape index (κ2) is 9.26. The lowest BCUT2D eigenvalue weighted by atomic mass is 9.74. The zero-order valence-corrected chi connectivity index (χ0v) is 18.0. The van der Waals surface area contributed by atoms with Gasteiger partial charge in [-0.2, -0.15) is 5.10 Å². The number of methoxy groups -OCH3 is 1. The van der Waals surface area contributed by atoms with Crippen LogP contribution in [0, 0.1) is 12.3 Å². The van der Waals surface area contributed by atoms with Crippen LogP contribution in [0.3, 0.4) is 0 Å². The summed E-state index contributed by atoms with van der Waals surface area (Å²) in [4.78, 5) is 29.4. The first-order valence-electron chi connectivity index (χ1n) is 10.8. The van der Waals surface area contributed by atoms with Crippen LogP contribution in [-0.4, -0.2) is 77.3 Å². The predicted molar refractivity (Wildman–Crippen MR) is 110 cm³/mol. The van der Waals surface area contributed by atoms with Crippen molar-refractivity contribution in [3.63, 3.8) is 0 Å². The van der Waals surface area contributed by atoms with Crippen LogP contribution in [0.25, 0.3) is 0 Å². The standard InChI is InChI=1S/C21H35N5O3/c1-4-26-16(2)18(15-23-26)19(27)25-10-5-17(6-11-25)24-12-7-21(8-13-24,20(22)28)9-14-29-3/h15,17H,4-14H2,1-3H3,(H2,22,28). The number of primary amides is 1. The summed E-state index contributed by atoms with van der Waals surface area (Å²) in [5.41, 5.74) is 6.96. The molecule has 0 radical (unpaired) electrons. The second-order valence-electron chi connectivity index (χ2n) is 8.41. The van der Waals surface area contributed by atoms with Crippen molar-refractivity contribution in [2.24, 2.45) is 11.1 Å². The average Bonchev–Trinajstić information content (AvgIpc) is 3.12. The molecule has 2 aliphatic rings. The third-order valence-corrected chi connectivity index (χ3v) is 6.96.